The van der Waals surface area contributed by atoms with E-state index in [1.165, 1.54) is 0 Å². The normalized spacial score (nSPS) is 12.9. The Morgan fingerprint density at radius 3 is 2.67 bits per heavy atom. The Hall–Kier alpha value is -0.825. The van der Waals surface area contributed by atoms with Crippen LogP contribution in [0.4, 0.5) is 4.39 Å². The molecule has 1 N–H and O–H groups in total. The van der Waals surface area contributed by atoms with Crippen molar-refractivity contribution in [2.24, 2.45) is 0 Å². The largest absolute Gasteiger partial charge is 0.313 e. The number of halogens is 1. The summed E-state index contributed by atoms with van der Waals surface area (Å²) in [5, 5.41) is 3.00. The van der Waals surface area contributed by atoms with Crippen molar-refractivity contribution in [3.63, 3.8) is 0 Å². The monoisotopic (exact) mass is 165 g/mol. The third-order valence-electron chi connectivity index (χ3n) is 2.06. The van der Waals surface area contributed by atoms with E-state index in [0.29, 0.717) is 0 Å². The topological polar surface area (TPSA) is 12.0 Å². The van der Waals surface area contributed by atoms with E-state index in [4.69, 9.17) is 0 Å². The van der Waals surface area contributed by atoms with Crippen LogP contribution in [0.3, 0.4) is 0 Å². The highest BCUT2D eigenvalue weighted by Crippen LogP contribution is 2.13. The Balaban J connectivity index is 3.01. The second kappa shape index (κ2) is 3.72. The van der Waals surface area contributed by atoms with Crippen molar-refractivity contribution in [1.29, 1.82) is 0 Å². The van der Waals surface area contributed by atoms with Crippen LogP contribution < -0.4 is 10.8 Å². The van der Waals surface area contributed by atoms with E-state index >= 15 is 0 Å². The van der Waals surface area contributed by atoms with Crippen LogP contribution >= 0.6 is 0 Å². The highest BCUT2D eigenvalue weighted by atomic mass is 19.1. The fourth-order valence-electron chi connectivity index (χ4n) is 1.14. The van der Waals surface area contributed by atoms with Crippen LogP contribution in [-0.2, 0) is 0 Å². The van der Waals surface area contributed by atoms with Crippen molar-refractivity contribution < 1.29 is 4.39 Å². The molecule has 1 aromatic carbocycles. The first-order valence-corrected chi connectivity index (χ1v) is 4.08. The van der Waals surface area contributed by atoms with Crippen molar-refractivity contribution in [3.05, 3.63) is 29.6 Å². The summed E-state index contributed by atoms with van der Waals surface area (Å²) < 4.78 is 13.2. The summed E-state index contributed by atoms with van der Waals surface area (Å²) in [4.78, 5) is 0. The molecule has 0 amide bonds. The van der Waals surface area contributed by atoms with Crippen molar-refractivity contribution in [3.8, 4) is 0 Å². The zero-order chi connectivity index (χ0) is 9.14. The zero-order valence-electron chi connectivity index (χ0n) is 7.69. The minimum atomic E-state index is -0.128. The van der Waals surface area contributed by atoms with Gasteiger partial charge in [0, 0.05) is 11.6 Å². The van der Waals surface area contributed by atoms with Crippen molar-refractivity contribution >= 4 is 13.3 Å². The first-order chi connectivity index (χ1) is 5.65. The molecule has 0 aliphatic carbocycles. The summed E-state index contributed by atoms with van der Waals surface area (Å²) in [6.07, 6.45) is 0. The molecule has 1 aromatic rings. The molecule has 1 nitrogen and oxygen atoms in total. The number of nitrogens with one attached hydrogen (secondary N) is 1. The van der Waals surface area contributed by atoms with Gasteiger partial charge in [-0.1, -0.05) is 17.6 Å². The molecule has 0 spiro atoms. The van der Waals surface area contributed by atoms with Crippen LogP contribution in [0.5, 0.6) is 0 Å². The SMILES string of the molecule is Bc1ccc(C(C)NC)c(F)c1. The van der Waals surface area contributed by atoms with Gasteiger partial charge in [0.05, 0.1) is 0 Å². The maximum Gasteiger partial charge on any atom is 0.139 e. The Morgan fingerprint density at radius 2 is 2.17 bits per heavy atom. The molecule has 0 radical (unpaired) electrons. The molecule has 0 fully saturated rings. The Bertz CT molecular complexity index is 275. The summed E-state index contributed by atoms with van der Waals surface area (Å²) >= 11 is 0. The van der Waals surface area contributed by atoms with Crippen molar-refractivity contribution in [2.75, 3.05) is 7.05 Å². The predicted molar refractivity (Wildman–Crippen MR) is 52.1 cm³/mol. The quantitative estimate of drug-likeness (QED) is 0.624. The lowest BCUT2D eigenvalue weighted by atomic mass is 9.93. The lowest BCUT2D eigenvalue weighted by Crippen LogP contribution is -2.15. The maximum atomic E-state index is 13.2. The molecular formula is C9H13BFN. The fraction of sp³-hybridized carbons (Fsp3) is 0.333. The van der Waals surface area contributed by atoms with E-state index in [1.807, 2.05) is 34.0 Å². The van der Waals surface area contributed by atoms with Gasteiger partial charge in [-0.05, 0) is 20.0 Å². The van der Waals surface area contributed by atoms with Gasteiger partial charge in [0.15, 0.2) is 0 Å². The Kier molecular flexibility index (Phi) is 2.87. The van der Waals surface area contributed by atoms with Crippen LogP contribution in [-0.4, -0.2) is 14.9 Å². The predicted octanol–water partition coefficient (Wildman–Crippen LogP) is 0.364. The molecule has 1 unspecified atom stereocenters. The molecule has 64 valence electrons. The van der Waals surface area contributed by atoms with Gasteiger partial charge >= 0.3 is 0 Å². The number of hydrogen-bond acceptors (Lipinski definition) is 1. The molecule has 1 atom stereocenters. The van der Waals surface area contributed by atoms with Gasteiger partial charge in [-0.15, -0.1) is 0 Å². The third-order valence-corrected chi connectivity index (χ3v) is 2.06. The minimum Gasteiger partial charge on any atom is -0.313 e. The summed E-state index contributed by atoms with van der Waals surface area (Å²) in [6.45, 7) is 1.94. The van der Waals surface area contributed by atoms with E-state index in [9.17, 15) is 4.39 Å². The van der Waals surface area contributed by atoms with Gasteiger partial charge in [-0.2, -0.15) is 0 Å². The molecule has 1 rings (SSSR count). The van der Waals surface area contributed by atoms with Crippen LogP contribution in [0.15, 0.2) is 18.2 Å². The lowest BCUT2D eigenvalue weighted by Gasteiger charge is -2.11. The number of rotatable bonds is 2. The molecule has 0 saturated carbocycles. The Morgan fingerprint density at radius 1 is 1.50 bits per heavy atom. The molecule has 0 saturated heterocycles. The van der Waals surface area contributed by atoms with Crippen LogP contribution in [0.25, 0.3) is 0 Å². The van der Waals surface area contributed by atoms with Crippen LogP contribution in [0.2, 0.25) is 0 Å². The summed E-state index contributed by atoms with van der Waals surface area (Å²) in [5.74, 6) is -0.128. The molecule has 12 heavy (non-hydrogen) atoms. The molecule has 0 aliphatic heterocycles. The third kappa shape index (κ3) is 1.86. The van der Waals surface area contributed by atoms with Gasteiger partial charge in [-0.3, -0.25) is 0 Å². The smallest absolute Gasteiger partial charge is 0.139 e. The van der Waals surface area contributed by atoms with E-state index in [0.717, 1.165) is 11.0 Å². The van der Waals surface area contributed by atoms with Gasteiger partial charge in [-0.25, -0.2) is 4.39 Å². The highest BCUT2D eigenvalue weighted by molar-refractivity contribution is 6.32. The van der Waals surface area contributed by atoms with E-state index in [2.05, 4.69) is 5.32 Å². The Labute approximate surface area is 73.4 Å². The van der Waals surface area contributed by atoms with Gasteiger partial charge < -0.3 is 5.32 Å². The van der Waals surface area contributed by atoms with E-state index in [1.54, 1.807) is 6.07 Å². The fourth-order valence-corrected chi connectivity index (χ4v) is 1.14. The second-order valence-corrected chi connectivity index (χ2v) is 3.04. The summed E-state index contributed by atoms with van der Waals surface area (Å²) in [6, 6.07) is 5.38. The second-order valence-electron chi connectivity index (χ2n) is 3.04. The van der Waals surface area contributed by atoms with Crippen LogP contribution in [0.1, 0.15) is 18.5 Å². The molecular weight excluding hydrogens is 152 g/mol. The zero-order valence-corrected chi connectivity index (χ0v) is 7.69. The molecule has 0 bridgehead atoms. The lowest BCUT2D eigenvalue weighted by molar-refractivity contribution is 0.563. The molecule has 0 heterocycles. The number of benzene rings is 1. The van der Waals surface area contributed by atoms with Crippen molar-refractivity contribution in [1.82, 2.24) is 5.32 Å². The first kappa shape index (κ1) is 9.26. The maximum absolute atomic E-state index is 13.2. The van der Waals surface area contributed by atoms with E-state index in [-0.39, 0.29) is 11.9 Å². The van der Waals surface area contributed by atoms with Crippen molar-refractivity contribution in [2.45, 2.75) is 13.0 Å². The van der Waals surface area contributed by atoms with Gasteiger partial charge in [0.1, 0.15) is 13.7 Å². The van der Waals surface area contributed by atoms with E-state index < -0.39 is 0 Å². The van der Waals surface area contributed by atoms with Crippen LogP contribution in [0, 0.1) is 5.82 Å². The van der Waals surface area contributed by atoms with Gasteiger partial charge in [0.25, 0.3) is 0 Å². The van der Waals surface area contributed by atoms with Gasteiger partial charge in [0.2, 0.25) is 0 Å². The first-order valence-electron chi connectivity index (χ1n) is 4.08. The summed E-state index contributed by atoms with van der Waals surface area (Å²) in [7, 11) is 3.71. The summed E-state index contributed by atoms with van der Waals surface area (Å²) in [5.41, 5.74) is 1.68. The molecule has 3 heteroatoms. The molecule has 0 aromatic heterocycles. The molecule has 0 aliphatic rings. The number of hydrogen-bond donors (Lipinski definition) is 1. The standard InChI is InChI=1S/C9H13BFN/c1-6(12-2)8-4-3-7(10)5-9(8)11/h3-6,12H,10H2,1-2H3. The minimum absolute atomic E-state index is 0.0746. The average molecular weight is 165 g/mol. The average Bonchev–Trinajstić information content (AvgIpc) is 2.03. The highest BCUT2D eigenvalue weighted by Gasteiger charge is 2.07.